The average molecular weight is 297 g/mol. The third-order valence-corrected chi connectivity index (χ3v) is 2.71. The Morgan fingerprint density at radius 1 is 1.33 bits per heavy atom. The van der Waals surface area contributed by atoms with E-state index in [1.54, 1.807) is 0 Å². The van der Waals surface area contributed by atoms with E-state index in [9.17, 15) is 18.0 Å². The Labute approximate surface area is 114 Å². The molecule has 0 saturated heterocycles. The third-order valence-electron chi connectivity index (χ3n) is 2.71. The van der Waals surface area contributed by atoms with Crippen LogP contribution in [0.3, 0.4) is 0 Å². The van der Waals surface area contributed by atoms with Gasteiger partial charge < -0.3 is 9.52 Å². The molecule has 0 aliphatic heterocycles. The molecule has 0 bridgehead atoms. The topological polar surface area (TPSA) is 80.6 Å². The SMILES string of the molecule is O=C(O)c1cc2nc(-c3ccco3)cc(C(F)(F)F)n2n1. The van der Waals surface area contributed by atoms with E-state index >= 15 is 0 Å². The van der Waals surface area contributed by atoms with E-state index in [1.807, 2.05) is 0 Å². The van der Waals surface area contributed by atoms with Crippen molar-refractivity contribution in [3.8, 4) is 11.5 Å². The molecule has 0 aliphatic carbocycles. The van der Waals surface area contributed by atoms with Crippen molar-refractivity contribution in [2.24, 2.45) is 0 Å². The van der Waals surface area contributed by atoms with Gasteiger partial charge in [-0.15, -0.1) is 0 Å². The molecule has 1 N–H and O–H groups in total. The summed E-state index contributed by atoms with van der Waals surface area (Å²) in [5, 5.41) is 12.2. The number of nitrogens with zero attached hydrogens (tertiary/aromatic N) is 3. The fourth-order valence-electron chi connectivity index (χ4n) is 1.83. The number of halogens is 3. The van der Waals surface area contributed by atoms with Crippen molar-refractivity contribution in [2.75, 3.05) is 0 Å². The second-order valence-corrected chi connectivity index (χ2v) is 4.11. The normalized spacial score (nSPS) is 12.0. The summed E-state index contributed by atoms with van der Waals surface area (Å²) in [6.45, 7) is 0. The van der Waals surface area contributed by atoms with Crippen LogP contribution >= 0.6 is 0 Å². The minimum atomic E-state index is -4.72. The standard InChI is InChI=1S/C12H6F3N3O3/c13-12(14,15)9-4-6(8-2-1-3-21-8)16-10-5-7(11(19)20)17-18(9)10/h1-5H,(H,19,20). The Morgan fingerprint density at radius 2 is 2.10 bits per heavy atom. The third kappa shape index (κ3) is 2.22. The number of carboxylic acid groups (broad SMARTS) is 1. The second kappa shape index (κ2) is 4.33. The maximum absolute atomic E-state index is 13.1. The molecule has 0 atom stereocenters. The molecule has 0 aromatic carbocycles. The lowest BCUT2D eigenvalue weighted by molar-refractivity contribution is -0.142. The van der Waals surface area contributed by atoms with Gasteiger partial charge in [-0.1, -0.05) is 0 Å². The van der Waals surface area contributed by atoms with E-state index in [-0.39, 0.29) is 17.1 Å². The first-order valence-electron chi connectivity index (χ1n) is 5.61. The van der Waals surface area contributed by atoms with Gasteiger partial charge >= 0.3 is 12.1 Å². The highest BCUT2D eigenvalue weighted by Crippen LogP contribution is 2.32. The van der Waals surface area contributed by atoms with Gasteiger partial charge in [0.1, 0.15) is 5.69 Å². The van der Waals surface area contributed by atoms with Gasteiger partial charge in [-0.2, -0.15) is 18.3 Å². The molecular weight excluding hydrogens is 291 g/mol. The summed E-state index contributed by atoms with van der Waals surface area (Å²) < 4.78 is 44.7. The van der Waals surface area contributed by atoms with Crippen LogP contribution in [0.4, 0.5) is 13.2 Å². The van der Waals surface area contributed by atoms with Crippen molar-refractivity contribution in [3.05, 3.63) is 41.9 Å². The highest BCUT2D eigenvalue weighted by atomic mass is 19.4. The summed E-state index contributed by atoms with van der Waals surface area (Å²) in [6, 6.07) is 4.68. The molecule has 0 fully saturated rings. The number of fused-ring (bicyclic) bond motifs is 1. The average Bonchev–Trinajstić information content (AvgIpc) is 3.05. The number of aromatic nitrogens is 3. The number of hydrogen-bond acceptors (Lipinski definition) is 4. The van der Waals surface area contributed by atoms with Crippen LogP contribution in [-0.2, 0) is 6.18 Å². The zero-order valence-corrected chi connectivity index (χ0v) is 10.1. The predicted molar refractivity (Wildman–Crippen MR) is 62.7 cm³/mol. The number of furan rings is 1. The summed E-state index contributed by atoms with van der Waals surface area (Å²) in [6.07, 6.45) is -3.42. The van der Waals surface area contributed by atoms with Crippen molar-refractivity contribution in [1.29, 1.82) is 0 Å². The monoisotopic (exact) mass is 297 g/mol. The Hall–Kier alpha value is -2.84. The van der Waals surface area contributed by atoms with Gasteiger partial charge in [0.25, 0.3) is 0 Å². The summed E-state index contributed by atoms with van der Waals surface area (Å²) >= 11 is 0. The summed E-state index contributed by atoms with van der Waals surface area (Å²) in [5.41, 5.74) is -1.94. The molecule has 0 saturated carbocycles. The van der Waals surface area contributed by atoms with Gasteiger partial charge in [0.15, 0.2) is 22.8 Å². The Bertz CT molecular complexity index is 821. The molecule has 0 spiro atoms. The lowest BCUT2D eigenvalue weighted by atomic mass is 10.2. The molecule has 9 heteroatoms. The molecule has 21 heavy (non-hydrogen) atoms. The molecular formula is C12H6F3N3O3. The summed E-state index contributed by atoms with van der Waals surface area (Å²) in [7, 11) is 0. The van der Waals surface area contributed by atoms with Crippen LogP contribution in [0.15, 0.2) is 34.9 Å². The summed E-state index contributed by atoms with van der Waals surface area (Å²) in [5.74, 6) is -1.30. The fraction of sp³-hybridized carbons (Fsp3) is 0.0833. The number of carboxylic acids is 1. The van der Waals surface area contributed by atoms with Crippen LogP contribution in [0, 0.1) is 0 Å². The summed E-state index contributed by atoms with van der Waals surface area (Å²) in [4.78, 5) is 14.8. The lowest BCUT2D eigenvalue weighted by Crippen LogP contribution is -2.14. The number of carbonyl (C=O) groups is 1. The van der Waals surface area contributed by atoms with Crippen LogP contribution < -0.4 is 0 Å². The second-order valence-electron chi connectivity index (χ2n) is 4.11. The molecule has 3 heterocycles. The van der Waals surface area contributed by atoms with Crippen molar-refractivity contribution >= 4 is 11.6 Å². The Balaban J connectivity index is 2.32. The highest BCUT2D eigenvalue weighted by Gasteiger charge is 2.35. The predicted octanol–water partition coefficient (Wildman–Crippen LogP) is 2.71. The van der Waals surface area contributed by atoms with E-state index < -0.39 is 23.5 Å². The van der Waals surface area contributed by atoms with Gasteiger partial charge in [-0.05, 0) is 18.2 Å². The number of hydrogen-bond donors (Lipinski definition) is 1. The Kier molecular flexibility index (Phi) is 2.71. The zero-order chi connectivity index (χ0) is 15.2. The van der Waals surface area contributed by atoms with E-state index in [1.165, 1.54) is 18.4 Å². The molecule has 3 aromatic rings. The largest absolute Gasteiger partial charge is 0.476 e. The van der Waals surface area contributed by atoms with Crippen LogP contribution in [0.2, 0.25) is 0 Å². The number of aromatic carboxylic acids is 1. The fourth-order valence-corrected chi connectivity index (χ4v) is 1.83. The van der Waals surface area contributed by atoms with E-state index in [4.69, 9.17) is 9.52 Å². The van der Waals surface area contributed by atoms with E-state index in [2.05, 4.69) is 10.1 Å². The molecule has 6 nitrogen and oxygen atoms in total. The van der Waals surface area contributed by atoms with Crippen molar-refractivity contribution < 1.29 is 27.5 Å². The quantitative estimate of drug-likeness (QED) is 0.786. The van der Waals surface area contributed by atoms with Gasteiger partial charge in [-0.3, -0.25) is 0 Å². The van der Waals surface area contributed by atoms with Crippen LogP contribution in [0.1, 0.15) is 16.2 Å². The molecule has 0 unspecified atom stereocenters. The maximum Gasteiger partial charge on any atom is 0.433 e. The van der Waals surface area contributed by atoms with Gasteiger partial charge in [-0.25, -0.2) is 14.3 Å². The minimum Gasteiger partial charge on any atom is -0.476 e. The highest BCUT2D eigenvalue weighted by molar-refractivity contribution is 5.86. The van der Waals surface area contributed by atoms with Crippen molar-refractivity contribution in [3.63, 3.8) is 0 Å². The van der Waals surface area contributed by atoms with Crippen LogP contribution in [0.25, 0.3) is 17.1 Å². The lowest BCUT2D eigenvalue weighted by Gasteiger charge is -2.09. The molecule has 0 aliphatic rings. The van der Waals surface area contributed by atoms with Crippen molar-refractivity contribution in [1.82, 2.24) is 14.6 Å². The number of alkyl halides is 3. The molecule has 0 amide bonds. The Morgan fingerprint density at radius 3 is 2.67 bits per heavy atom. The minimum absolute atomic E-state index is 0.0586. The smallest absolute Gasteiger partial charge is 0.433 e. The zero-order valence-electron chi connectivity index (χ0n) is 10.1. The van der Waals surface area contributed by atoms with Crippen LogP contribution in [-0.4, -0.2) is 25.7 Å². The molecule has 108 valence electrons. The van der Waals surface area contributed by atoms with Crippen LogP contribution in [0.5, 0.6) is 0 Å². The van der Waals surface area contributed by atoms with Gasteiger partial charge in [0, 0.05) is 6.07 Å². The van der Waals surface area contributed by atoms with Gasteiger partial charge in [0.2, 0.25) is 0 Å². The van der Waals surface area contributed by atoms with E-state index in [0.717, 1.165) is 12.1 Å². The first-order valence-corrected chi connectivity index (χ1v) is 5.61. The van der Waals surface area contributed by atoms with Crippen molar-refractivity contribution in [2.45, 2.75) is 6.18 Å². The molecule has 3 aromatic heterocycles. The number of rotatable bonds is 2. The first kappa shape index (κ1) is 13.2. The maximum atomic E-state index is 13.1. The molecule has 3 rings (SSSR count). The first-order chi connectivity index (χ1) is 9.86. The molecule has 0 radical (unpaired) electrons. The van der Waals surface area contributed by atoms with E-state index in [0.29, 0.717) is 4.52 Å². The van der Waals surface area contributed by atoms with Gasteiger partial charge in [0.05, 0.1) is 6.26 Å².